The van der Waals surface area contributed by atoms with Gasteiger partial charge in [-0.2, -0.15) is 18.3 Å². The van der Waals surface area contributed by atoms with Gasteiger partial charge < -0.3 is 23.8 Å². The zero-order valence-corrected chi connectivity index (χ0v) is 35.5. The van der Waals surface area contributed by atoms with Crippen LogP contribution in [0.5, 0.6) is 23.0 Å². The Balaban J connectivity index is 1.26. The number of benzene rings is 4. The van der Waals surface area contributed by atoms with Crippen molar-refractivity contribution in [2.75, 3.05) is 31.6 Å². The number of amides is 1. The van der Waals surface area contributed by atoms with E-state index in [1.54, 1.807) is 49.7 Å². The third kappa shape index (κ3) is 9.08. The highest BCUT2D eigenvalue weighted by atomic mass is 35.5. The largest absolute Gasteiger partial charge is 0.497 e. The fourth-order valence-corrected chi connectivity index (χ4v) is 9.08. The van der Waals surface area contributed by atoms with Gasteiger partial charge in [0.25, 0.3) is 10.0 Å². The number of sulfonamides is 1. The lowest BCUT2D eigenvalue weighted by molar-refractivity contribution is -0.137. The molecule has 1 amide bonds. The highest BCUT2D eigenvalue weighted by Crippen LogP contribution is 2.44. The van der Waals surface area contributed by atoms with Crippen molar-refractivity contribution in [3.05, 3.63) is 113 Å². The summed E-state index contributed by atoms with van der Waals surface area (Å²) >= 11 is 7.59. The molecule has 3 heterocycles. The molecule has 0 N–H and O–H groups in total. The monoisotopic (exact) mass is 900 g/mol. The average Bonchev–Trinajstić information content (AvgIpc) is 3.90. The van der Waals surface area contributed by atoms with E-state index in [0.717, 1.165) is 33.8 Å². The van der Waals surface area contributed by atoms with Crippen LogP contribution in [0, 0.1) is 5.82 Å². The smallest absolute Gasteiger partial charge is 0.417 e. The van der Waals surface area contributed by atoms with Gasteiger partial charge in [0.15, 0.2) is 0 Å². The molecule has 0 saturated carbocycles. The van der Waals surface area contributed by atoms with Gasteiger partial charge in [0.05, 0.1) is 43.1 Å². The van der Waals surface area contributed by atoms with Crippen molar-refractivity contribution >= 4 is 44.2 Å². The van der Waals surface area contributed by atoms with Crippen molar-refractivity contribution in [1.29, 1.82) is 0 Å². The highest BCUT2D eigenvalue weighted by molar-refractivity contribution is 7.93. The number of anilines is 1. The molecule has 61 heavy (non-hydrogen) atoms. The molecule has 1 saturated heterocycles. The first-order valence-corrected chi connectivity index (χ1v) is 21.1. The van der Waals surface area contributed by atoms with Crippen molar-refractivity contribution < 1.29 is 49.7 Å². The van der Waals surface area contributed by atoms with E-state index in [1.807, 2.05) is 0 Å². The molecule has 20 heteroatoms. The van der Waals surface area contributed by atoms with Gasteiger partial charge in [0.2, 0.25) is 5.13 Å². The molecule has 0 bridgehead atoms. The molecule has 0 spiro atoms. The van der Waals surface area contributed by atoms with Gasteiger partial charge in [-0.25, -0.2) is 21.9 Å². The number of carbonyl (C=O) groups excluding carboxylic acids is 1. The van der Waals surface area contributed by atoms with Gasteiger partial charge in [0.1, 0.15) is 44.8 Å². The first-order chi connectivity index (χ1) is 28.9. The minimum Gasteiger partial charge on any atom is -0.497 e. The topological polar surface area (TPSA) is 138 Å². The van der Waals surface area contributed by atoms with Gasteiger partial charge in [0, 0.05) is 42.5 Å². The van der Waals surface area contributed by atoms with Gasteiger partial charge in [-0.05, 0) is 74.4 Å². The Labute approximate surface area is 357 Å². The van der Waals surface area contributed by atoms with Crippen LogP contribution < -0.4 is 18.5 Å². The van der Waals surface area contributed by atoms with Crippen LogP contribution in [0.15, 0.2) is 95.5 Å². The van der Waals surface area contributed by atoms with Crippen molar-refractivity contribution in [3.63, 3.8) is 0 Å². The number of rotatable bonds is 12. The lowest BCUT2D eigenvalue weighted by atomic mass is 9.96. The van der Waals surface area contributed by atoms with Crippen LogP contribution in [0.25, 0.3) is 22.4 Å². The van der Waals surface area contributed by atoms with Crippen LogP contribution in [0.3, 0.4) is 0 Å². The number of methoxy groups -OCH3 is 2. The van der Waals surface area contributed by atoms with Gasteiger partial charge >= 0.3 is 12.3 Å². The fraction of sp³-hybridized carbons (Fsp3) is 0.268. The van der Waals surface area contributed by atoms with E-state index in [9.17, 15) is 26.4 Å². The number of aromatic nitrogens is 4. The maximum atomic E-state index is 16.3. The third-order valence-electron chi connectivity index (χ3n) is 9.47. The highest BCUT2D eigenvalue weighted by Gasteiger charge is 2.38. The van der Waals surface area contributed by atoms with Gasteiger partial charge in [-0.15, -0.1) is 10.2 Å². The van der Waals surface area contributed by atoms with E-state index in [2.05, 4.69) is 15.3 Å². The second-order valence-corrected chi connectivity index (χ2v) is 17.7. The van der Waals surface area contributed by atoms with E-state index in [-0.39, 0.29) is 64.0 Å². The number of ether oxygens (including phenoxy) is 4. The van der Waals surface area contributed by atoms with Crippen LogP contribution in [-0.4, -0.2) is 72.3 Å². The second kappa shape index (κ2) is 16.9. The van der Waals surface area contributed by atoms with Crippen LogP contribution in [0.2, 0.25) is 5.02 Å². The quantitative estimate of drug-likeness (QED) is 0.109. The fourth-order valence-electron chi connectivity index (χ4n) is 6.56. The maximum absolute atomic E-state index is 16.3. The summed E-state index contributed by atoms with van der Waals surface area (Å²) in [4.78, 5) is 13.4. The zero-order valence-electron chi connectivity index (χ0n) is 33.1. The third-order valence-corrected chi connectivity index (χ3v) is 12.3. The minimum absolute atomic E-state index is 0.0253. The Morgan fingerprint density at radius 1 is 0.934 bits per heavy atom. The molecular formula is C41H37ClF4N6O7S2. The van der Waals surface area contributed by atoms with E-state index in [1.165, 1.54) is 67.2 Å². The standard InChI is InChI=1S/C41H37ClF4N6O7S2/c1-40(2,3)59-39(53)50-21-26(22-50)52-33(14-15-48-52)29-16-24(28-8-6-7-9-30(28)41(44,45)46)11-13-34(29)58-36-19-32(43)37(18-31(36)42)61(54,55)51(38-49-47-23-60-38)20-25-10-12-27(56-4)17-35(25)57-5/h6-19,23,26H,20-22H2,1-5H3. The molecule has 0 atom stereocenters. The molecule has 0 unspecified atom stereocenters. The molecule has 1 aliphatic rings. The average molecular weight is 901 g/mol. The Morgan fingerprint density at radius 3 is 2.36 bits per heavy atom. The number of alkyl halides is 3. The maximum Gasteiger partial charge on any atom is 0.417 e. The molecule has 2 aromatic heterocycles. The number of likely N-dealkylation sites (tertiary alicyclic amines) is 1. The molecule has 6 aromatic rings. The number of halogens is 5. The SMILES string of the molecule is COc1ccc(CN(c2nncs2)S(=O)(=O)c2cc(Cl)c(Oc3ccc(-c4ccccc4C(F)(F)F)cc3-c3ccnn3C3CN(C(=O)OC(C)(C)C)C3)cc2F)c(OC)c1. The van der Waals surface area contributed by atoms with E-state index in [4.69, 9.17) is 30.5 Å². The summed E-state index contributed by atoms with van der Waals surface area (Å²) in [5, 5.41) is 11.8. The van der Waals surface area contributed by atoms with Crippen molar-refractivity contribution in [3.8, 4) is 45.4 Å². The minimum atomic E-state index is -4.74. The number of nitrogens with zero attached hydrogens (tertiary/aromatic N) is 6. The molecular weight excluding hydrogens is 864 g/mol. The molecule has 4 aromatic carbocycles. The second-order valence-electron chi connectivity index (χ2n) is 14.7. The Hall–Kier alpha value is -5.92. The van der Waals surface area contributed by atoms with Crippen LogP contribution in [0.4, 0.5) is 27.5 Å². The summed E-state index contributed by atoms with van der Waals surface area (Å²) in [6, 6.07) is 17.1. The predicted molar refractivity (Wildman–Crippen MR) is 219 cm³/mol. The summed E-state index contributed by atoms with van der Waals surface area (Å²) in [6.45, 7) is 5.37. The molecule has 7 rings (SSSR count). The summed E-state index contributed by atoms with van der Waals surface area (Å²) in [5.74, 6) is -0.741. The van der Waals surface area contributed by atoms with Crippen LogP contribution in [-0.2, 0) is 27.5 Å². The molecule has 320 valence electrons. The molecule has 13 nitrogen and oxygen atoms in total. The predicted octanol–water partition coefficient (Wildman–Crippen LogP) is 9.88. The van der Waals surface area contributed by atoms with Gasteiger partial charge in [-0.1, -0.05) is 47.2 Å². The lowest BCUT2D eigenvalue weighted by Gasteiger charge is -2.40. The lowest BCUT2D eigenvalue weighted by Crippen LogP contribution is -2.52. The molecule has 1 aliphatic heterocycles. The van der Waals surface area contributed by atoms with E-state index in [0.29, 0.717) is 22.8 Å². The van der Waals surface area contributed by atoms with Crippen molar-refractivity contribution in [2.24, 2.45) is 0 Å². The number of hydrogen-bond acceptors (Lipinski definition) is 11. The molecule has 0 radical (unpaired) electrons. The van der Waals surface area contributed by atoms with Gasteiger partial charge in [-0.3, -0.25) is 4.68 Å². The first-order valence-electron chi connectivity index (χ1n) is 18.4. The zero-order chi connectivity index (χ0) is 43.9. The summed E-state index contributed by atoms with van der Waals surface area (Å²) < 4.78 is 112. The Morgan fingerprint density at radius 2 is 1.69 bits per heavy atom. The Kier molecular flexibility index (Phi) is 11.9. The van der Waals surface area contributed by atoms with Crippen molar-refractivity contribution in [2.45, 2.75) is 50.0 Å². The Bertz CT molecular complexity index is 2690. The van der Waals surface area contributed by atoms with Crippen LogP contribution in [0.1, 0.15) is 37.9 Å². The van der Waals surface area contributed by atoms with Crippen LogP contribution >= 0.6 is 22.9 Å². The number of hydrogen-bond donors (Lipinski definition) is 0. The molecule has 0 aliphatic carbocycles. The summed E-state index contributed by atoms with van der Waals surface area (Å²) in [7, 11) is -1.87. The summed E-state index contributed by atoms with van der Waals surface area (Å²) in [6.07, 6.45) is -3.70. The summed E-state index contributed by atoms with van der Waals surface area (Å²) in [5.41, 5.74) is 0.841. The molecule has 1 fully saturated rings. The normalized spacial score (nSPS) is 13.4. The van der Waals surface area contributed by atoms with E-state index < -0.39 is 44.2 Å². The van der Waals surface area contributed by atoms with E-state index >= 15 is 4.39 Å². The first kappa shape index (κ1) is 43.2. The number of carbonyl (C=O) groups is 1. The van der Waals surface area contributed by atoms with Crippen molar-refractivity contribution in [1.82, 2.24) is 24.9 Å².